The summed E-state index contributed by atoms with van der Waals surface area (Å²) >= 11 is 3.12. The van der Waals surface area contributed by atoms with E-state index in [0.717, 1.165) is 14.6 Å². The smallest absolute Gasteiger partial charge is 0.307 e. The van der Waals surface area contributed by atoms with Crippen LogP contribution >= 0.6 is 23.1 Å². The average molecular weight is 354 g/mol. The second-order valence-electron chi connectivity index (χ2n) is 4.55. The minimum absolute atomic E-state index is 0.242. The van der Waals surface area contributed by atoms with Gasteiger partial charge in [-0.2, -0.15) is 0 Å². The molecule has 23 heavy (non-hydrogen) atoms. The van der Waals surface area contributed by atoms with Gasteiger partial charge in [0.2, 0.25) is 0 Å². The van der Waals surface area contributed by atoms with Crippen LogP contribution in [0.5, 0.6) is 0 Å². The van der Waals surface area contributed by atoms with Crippen molar-refractivity contribution in [3.63, 3.8) is 0 Å². The number of hydrogen-bond donors (Lipinski definition) is 1. The van der Waals surface area contributed by atoms with E-state index in [1.54, 1.807) is 18.4 Å². The number of esters is 1. The minimum atomic E-state index is -0.388. The van der Waals surface area contributed by atoms with Crippen molar-refractivity contribution in [2.45, 2.75) is 10.8 Å². The molecular weight excluding hydrogens is 336 g/mol. The molecule has 2 rings (SSSR count). The molecule has 0 atom stereocenters. The summed E-state index contributed by atoms with van der Waals surface area (Å²) in [5.74, 6) is -0.140. The zero-order valence-corrected chi connectivity index (χ0v) is 14.4. The number of aromatic nitrogens is 1. The summed E-state index contributed by atoms with van der Waals surface area (Å²) in [7, 11) is 1.55. The molecule has 0 aliphatic heterocycles. The monoisotopic (exact) mass is 354 g/mol. The van der Waals surface area contributed by atoms with Crippen LogP contribution in [0.4, 0.5) is 0 Å². The molecule has 0 aliphatic rings. The molecule has 8 heteroatoms. The highest BCUT2D eigenvalue weighted by atomic mass is 32.2. The van der Waals surface area contributed by atoms with Crippen molar-refractivity contribution in [2.75, 3.05) is 32.6 Å². The number of fused-ring (bicyclic) bond motifs is 1. The third kappa shape index (κ3) is 6.17. The largest absolute Gasteiger partial charge is 0.456 e. The van der Waals surface area contributed by atoms with Gasteiger partial charge in [-0.15, -0.1) is 11.3 Å². The van der Waals surface area contributed by atoms with Crippen LogP contribution in [0.3, 0.4) is 0 Å². The van der Waals surface area contributed by atoms with E-state index in [1.165, 1.54) is 11.8 Å². The molecule has 0 unspecified atom stereocenters. The number of ether oxygens (including phenoxy) is 2. The molecule has 0 saturated carbocycles. The molecule has 1 N–H and O–H groups in total. The normalized spacial score (nSPS) is 10.7. The molecule has 6 nitrogen and oxygen atoms in total. The van der Waals surface area contributed by atoms with E-state index < -0.39 is 0 Å². The standard InChI is InChI=1S/C15H18N2O4S2/c1-20-8-7-16-13(18)10-21-14(19)6-9-22-15-17-11-4-2-3-5-12(11)23-15/h2-5H,6-10H2,1H3,(H,16,18). The molecule has 1 aromatic heterocycles. The van der Waals surface area contributed by atoms with E-state index in [1.807, 2.05) is 24.3 Å². The van der Waals surface area contributed by atoms with Gasteiger partial charge in [-0.05, 0) is 12.1 Å². The number of rotatable bonds is 9. The summed E-state index contributed by atoms with van der Waals surface area (Å²) in [6.45, 7) is 0.577. The fraction of sp³-hybridized carbons (Fsp3) is 0.400. The van der Waals surface area contributed by atoms with Crippen LogP contribution in [0.2, 0.25) is 0 Å². The maximum atomic E-state index is 11.6. The molecule has 1 heterocycles. The first-order valence-electron chi connectivity index (χ1n) is 7.08. The molecule has 0 aliphatic carbocycles. The highest BCUT2D eigenvalue weighted by Crippen LogP contribution is 2.29. The van der Waals surface area contributed by atoms with Gasteiger partial charge in [0.1, 0.15) is 0 Å². The Kier molecular flexibility index (Phi) is 7.31. The molecule has 0 radical (unpaired) electrons. The van der Waals surface area contributed by atoms with Gasteiger partial charge in [0, 0.05) is 19.4 Å². The number of nitrogens with zero attached hydrogens (tertiary/aromatic N) is 1. The van der Waals surface area contributed by atoms with Gasteiger partial charge < -0.3 is 14.8 Å². The maximum Gasteiger partial charge on any atom is 0.307 e. The first-order chi connectivity index (χ1) is 11.2. The number of benzene rings is 1. The average Bonchev–Trinajstić information content (AvgIpc) is 2.96. The van der Waals surface area contributed by atoms with Gasteiger partial charge in [0.25, 0.3) is 5.91 Å². The molecule has 0 bridgehead atoms. The predicted octanol–water partition coefficient (Wildman–Crippen LogP) is 2.08. The highest BCUT2D eigenvalue weighted by molar-refractivity contribution is 8.01. The zero-order valence-electron chi connectivity index (χ0n) is 12.7. The number of thioether (sulfide) groups is 1. The van der Waals surface area contributed by atoms with Gasteiger partial charge in [-0.3, -0.25) is 9.59 Å². The number of amides is 1. The van der Waals surface area contributed by atoms with E-state index in [9.17, 15) is 9.59 Å². The van der Waals surface area contributed by atoms with E-state index in [-0.39, 0.29) is 24.9 Å². The van der Waals surface area contributed by atoms with Crippen LogP contribution in [0.1, 0.15) is 6.42 Å². The summed E-state index contributed by atoms with van der Waals surface area (Å²) in [5, 5.41) is 2.58. The van der Waals surface area contributed by atoms with E-state index >= 15 is 0 Å². The van der Waals surface area contributed by atoms with Crippen molar-refractivity contribution in [3.8, 4) is 0 Å². The van der Waals surface area contributed by atoms with Crippen LogP contribution in [0.25, 0.3) is 10.2 Å². The SMILES string of the molecule is COCCNC(=O)COC(=O)CCSc1nc2ccccc2s1. The van der Waals surface area contributed by atoms with Crippen molar-refractivity contribution < 1.29 is 19.1 Å². The highest BCUT2D eigenvalue weighted by Gasteiger charge is 2.09. The number of para-hydroxylation sites is 1. The van der Waals surface area contributed by atoms with Crippen LogP contribution in [0.15, 0.2) is 28.6 Å². The number of methoxy groups -OCH3 is 1. The Bertz CT molecular complexity index is 627. The lowest BCUT2D eigenvalue weighted by atomic mass is 10.3. The molecule has 1 amide bonds. The lowest BCUT2D eigenvalue weighted by Crippen LogP contribution is -2.31. The molecule has 0 fully saturated rings. The fourth-order valence-corrected chi connectivity index (χ4v) is 3.75. The number of carbonyl (C=O) groups excluding carboxylic acids is 2. The van der Waals surface area contributed by atoms with E-state index in [2.05, 4.69) is 10.3 Å². The minimum Gasteiger partial charge on any atom is -0.456 e. The summed E-state index contributed by atoms with van der Waals surface area (Å²) in [6, 6.07) is 7.91. The molecule has 1 aromatic carbocycles. The molecule has 124 valence electrons. The Morgan fingerprint density at radius 3 is 2.96 bits per heavy atom. The molecule has 2 aromatic rings. The Morgan fingerprint density at radius 1 is 1.35 bits per heavy atom. The van der Waals surface area contributed by atoms with Gasteiger partial charge in [0.15, 0.2) is 10.9 Å². The summed E-state index contributed by atoms with van der Waals surface area (Å²) in [4.78, 5) is 27.4. The number of carbonyl (C=O) groups is 2. The van der Waals surface area contributed by atoms with Crippen molar-refractivity contribution in [1.29, 1.82) is 0 Å². The predicted molar refractivity (Wildman–Crippen MR) is 90.8 cm³/mol. The van der Waals surface area contributed by atoms with Crippen molar-refractivity contribution >= 4 is 45.2 Å². The molecule has 0 spiro atoms. The second-order valence-corrected chi connectivity index (χ2v) is 6.92. The first kappa shape index (κ1) is 17.7. The topological polar surface area (TPSA) is 77.5 Å². The Hall–Kier alpha value is -1.64. The van der Waals surface area contributed by atoms with E-state index in [4.69, 9.17) is 9.47 Å². The Balaban J connectivity index is 1.63. The van der Waals surface area contributed by atoms with Gasteiger partial charge in [-0.25, -0.2) is 4.98 Å². The van der Waals surface area contributed by atoms with Gasteiger partial charge in [-0.1, -0.05) is 23.9 Å². The van der Waals surface area contributed by atoms with E-state index in [0.29, 0.717) is 18.9 Å². The summed E-state index contributed by atoms with van der Waals surface area (Å²) in [5.41, 5.74) is 0.968. The van der Waals surface area contributed by atoms with Crippen LogP contribution in [-0.4, -0.2) is 49.5 Å². The third-order valence-electron chi connectivity index (χ3n) is 2.80. The third-order valence-corrected chi connectivity index (χ3v) is 4.98. The second kappa shape index (κ2) is 9.49. The number of hydrogen-bond acceptors (Lipinski definition) is 7. The first-order valence-corrected chi connectivity index (χ1v) is 8.89. The Labute approximate surface area is 142 Å². The van der Waals surface area contributed by atoms with Crippen molar-refractivity contribution in [2.24, 2.45) is 0 Å². The maximum absolute atomic E-state index is 11.6. The van der Waals surface area contributed by atoms with Gasteiger partial charge >= 0.3 is 5.97 Å². The molecular formula is C15H18N2O4S2. The zero-order chi connectivity index (χ0) is 16.5. The van der Waals surface area contributed by atoms with Crippen molar-refractivity contribution in [1.82, 2.24) is 10.3 Å². The van der Waals surface area contributed by atoms with Gasteiger partial charge in [0.05, 0.1) is 23.2 Å². The Morgan fingerprint density at radius 2 is 2.17 bits per heavy atom. The van der Waals surface area contributed by atoms with Crippen LogP contribution in [-0.2, 0) is 19.1 Å². The summed E-state index contributed by atoms with van der Waals surface area (Å²) in [6.07, 6.45) is 0.242. The number of nitrogens with one attached hydrogen (secondary N) is 1. The van der Waals surface area contributed by atoms with Crippen LogP contribution in [0, 0.1) is 0 Å². The quantitative estimate of drug-likeness (QED) is 0.422. The lowest BCUT2D eigenvalue weighted by Gasteiger charge is -2.05. The van der Waals surface area contributed by atoms with Crippen LogP contribution < -0.4 is 5.32 Å². The molecule has 0 saturated heterocycles. The van der Waals surface area contributed by atoms with Crippen molar-refractivity contribution in [3.05, 3.63) is 24.3 Å². The number of thiazole rings is 1. The lowest BCUT2D eigenvalue weighted by molar-refractivity contribution is -0.148. The fourth-order valence-electron chi connectivity index (χ4n) is 1.70. The summed E-state index contributed by atoms with van der Waals surface area (Å²) < 4.78 is 11.8.